The van der Waals surface area contributed by atoms with E-state index in [1.807, 2.05) is 26.8 Å². The highest BCUT2D eigenvalue weighted by molar-refractivity contribution is 14.0. The van der Waals surface area contributed by atoms with Gasteiger partial charge in [-0.2, -0.15) is 0 Å². The molecule has 1 aromatic heterocycles. The van der Waals surface area contributed by atoms with Gasteiger partial charge in [0.05, 0.1) is 12.2 Å². The Balaban J connectivity index is 0.00000392. The van der Waals surface area contributed by atoms with Crippen molar-refractivity contribution >= 4 is 29.9 Å². The fourth-order valence-electron chi connectivity index (χ4n) is 2.67. The number of guanidine groups is 1. The first-order chi connectivity index (χ1) is 13.2. The lowest BCUT2D eigenvalue weighted by Gasteiger charge is -2.12. The van der Waals surface area contributed by atoms with Crippen LogP contribution < -0.4 is 10.6 Å². The predicted molar refractivity (Wildman–Crippen MR) is 122 cm³/mol. The Morgan fingerprint density at radius 3 is 2.71 bits per heavy atom. The predicted octanol–water partition coefficient (Wildman–Crippen LogP) is 3.81. The molecule has 6 nitrogen and oxygen atoms in total. The normalized spacial score (nSPS) is 11.2. The van der Waals surface area contributed by atoms with Crippen LogP contribution in [0.25, 0.3) is 5.69 Å². The smallest absolute Gasteiger partial charge is 0.191 e. The summed E-state index contributed by atoms with van der Waals surface area (Å²) in [6, 6.07) is 5.19. The van der Waals surface area contributed by atoms with E-state index in [1.54, 1.807) is 23.0 Å². The number of aliphatic imine (C=N–C) groups is 1. The number of hydrogen-bond donors (Lipinski definition) is 2. The van der Waals surface area contributed by atoms with E-state index in [1.165, 1.54) is 6.07 Å². The molecule has 0 bridgehead atoms. The van der Waals surface area contributed by atoms with Crippen molar-refractivity contribution in [2.45, 2.75) is 40.2 Å². The Kier molecular flexibility index (Phi) is 11.7. The maximum Gasteiger partial charge on any atom is 0.191 e. The summed E-state index contributed by atoms with van der Waals surface area (Å²) in [5, 5.41) is 6.51. The molecule has 0 atom stereocenters. The first-order valence-corrected chi connectivity index (χ1v) is 9.54. The van der Waals surface area contributed by atoms with Gasteiger partial charge in [0.15, 0.2) is 5.96 Å². The lowest BCUT2D eigenvalue weighted by Crippen LogP contribution is -2.37. The molecule has 2 N–H and O–H groups in total. The van der Waals surface area contributed by atoms with Gasteiger partial charge >= 0.3 is 0 Å². The van der Waals surface area contributed by atoms with Crippen LogP contribution in [0.2, 0.25) is 0 Å². The zero-order valence-electron chi connectivity index (χ0n) is 16.9. The lowest BCUT2D eigenvalue weighted by atomic mass is 10.2. The van der Waals surface area contributed by atoms with Crippen LogP contribution in [0.1, 0.15) is 38.1 Å². The van der Waals surface area contributed by atoms with Crippen LogP contribution in [0, 0.1) is 12.7 Å². The molecular weight excluding hydrogens is 472 g/mol. The Hall–Kier alpha value is -1.68. The number of aromatic nitrogens is 2. The molecule has 8 heteroatoms. The van der Waals surface area contributed by atoms with Crippen LogP contribution in [0.4, 0.5) is 4.39 Å². The minimum atomic E-state index is -0.280. The minimum absolute atomic E-state index is 0. The summed E-state index contributed by atoms with van der Waals surface area (Å²) in [4.78, 5) is 8.68. The number of unbranched alkanes of at least 4 members (excludes halogenated alkanes) is 1. The van der Waals surface area contributed by atoms with Gasteiger partial charge in [-0.3, -0.25) is 0 Å². The van der Waals surface area contributed by atoms with Gasteiger partial charge in [-0.1, -0.05) is 6.07 Å². The molecule has 0 saturated heterocycles. The summed E-state index contributed by atoms with van der Waals surface area (Å²) < 4.78 is 21.5. The number of nitrogens with zero attached hydrogens (tertiary/aromatic N) is 3. The van der Waals surface area contributed by atoms with Gasteiger partial charge in [0.25, 0.3) is 0 Å². The first kappa shape index (κ1) is 24.4. The molecule has 0 unspecified atom stereocenters. The fourth-order valence-corrected chi connectivity index (χ4v) is 2.67. The molecule has 0 radical (unpaired) electrons. The number of hydrogen-bond acceptors (Lipinski definition) is 3. The molecule has 0 aliphatic carbocycles. The monoisotopic (exact) mass is 503 g/mol. The molecule has 0 fully saturated rings. The SMILES string of the molecule is CCNC(=NCc1ccc(-n2ccnc2C)c(F)c1)NCCCCOCC.I. The van der Waals surface area contributed by atoms with Gasteiger partial charge in [0, 0.05) is 38.7 Å². The van der Waals surface area contributed by atoms with E-state index >= 15 is 0 Å². The molecule has 0 aliphatic rings. The van der Waals surface area contributed by atoms with Crippen LogP contribution >= 0.6 is 24.0 Å². The molecule has 0 amide bonds. The largest absolute Gasteiger partial charge is 0.382 e. The van der Waals surface area contributed by atoms with Crippen molar-refractivity contribution in [1.82, 2.24) is 20.2 Å². The molecule has 0 saturated carbocycles. The quantitative estimate of drug-likeness (QED) is 0.224. The van der Waals surface area contributed by atoms with E-state index < -0.39 is 0 Å². The third-order valence-electron chi connectivity index (χ3n) is 4.07. The highest BCUT2D eigenvalue weighted by Gasteiger charge is 2.08. The Labute approximate surface area is 184 Å². The summed E-state index contributed by atoms with van der Waals surface area (Å²) in [7, 11) is 0. The standard InChI is InChI=1S/C20H30FN5O.HI/c1-4-22-20(24-10-6-7-13-27-5-2)25-15-17-8-9-19(18(21)14-17)26-12-11-23-16(26)3;/h8-9,11-12,14H,4-7,10,13,15H2,1-3H3,(H2,22,24,25);1H. The van der Waals surface area contributed by atoms with E-state index in [-0.39, 0.29) is 29.8 Å². The van der Waals surface area contributed by atoms with Crippen LogP contribution in [-0.2, 0) is 11.3 Å². The van der Waals surface area contributed by atoms with Gasteiger partial charge in [-0.25, -0.2) is 14.4 Å². The second kappa shape index (κ2) is 13.5. The van der Waals surface area contributed by atoms with Gasteiger partial charge in [-0.15, -0.1) is 24.0 Å². The average Bonchev–Trinajstić information content (AvgIpc) is 3.08. The van der Waals surface area contributed by atoms with Crippen LogP contribution in [-0.4, -0.2) is 41.8 Å². The Morgan fingerprint density at radius 2 is 2.07 bits per heavy atom. The number of halogens is 2. The third-order valence-corrected chi connectivity index (χ3v) is 4.07. The topological polar surface area (TPSA) is 63.5 Å². The van der Waals surface area contributed by atoms with Crippen molar-refractivity contribution in [2.24, 2.45) is 4.99 Å². The molecule has 1 aromatic carbocycles. The van der Waals surface area contributed by atoms with Crippen molar-refractivity contribution in [1.29, 1.82) is 0 Å². The third kappa shape index (κ3) is 7.75. The van der Waals surface area contributed by atoms with Crippen LogP contribution in [0.15, 0.2) is 35.6 Å². The van der Waals surface area contributed by atoms with E-state index in [0.717, 1.165) is 56.5 Å². The first-order valence-electron chi connectivity index (χ1n) is 9.54. The Bertz CT molecular complexity index is 735. The van der Waals surface area contributed by atoms with E-state index in [2.05, 4.69) is 20.6 Å². The van der Waals surface area contributed by atoms with E-state index in [4.69, 9.17) is 4.74 Å². The van der Waals surface area contributed by atoms with E-state index in [9.17, 15) is 4.39 Å². The van der Waals surface area contributed by atoms with Gasteiger partial charge in [0.2, 0.25) is 0 Å². The van der Waals surface area contributed by atoms with Crippen LogP contribution in [0.5, 0.6) is 0 Å². The van der Waals surface area contributed by atoms with Gasteiger partial charge in [-0.05, 0) is 51.3 Å². The molecule has 0 aliphatic heterocycles. The zero-order valence-corrected chi connectivity index (χ0v) is 19.2. The van der Waals surface area contributed by atoms with Crippen LogP contribution in [0.3, 0.4) is 0 Å². The number of rotatable bonds is 10. The molecule has 2 rings (SSSR count). The number of nitrogens with one attached hydrogen (secondary N) is 2. The summed E-state index contributed by atoms with van der Waals surface area (Å²) in [6.45, 7) is 9.42. The maximum absolute atomic E-state index is 14.5. The second-order valence-corrected chi connectivity index (χ2v) is 6.16. The van der Waals surface area contributed by atoms with Crippen molar-refractivity contribution in [3.63, 3.8) is 0 Å². The van der Waals surface area contributed by atoms with E-state index in [0.29, 0.717) is 12.2 Å². The zero-order chi connectivity index (χ0) is 19.5. The van der Waals surface area contributed by atoms with Crippen molar-refractivity contribution in [3.8, 4) is 5.69 Å². The number of benzene rings is 1. The Morgan fingerprint density at radius 1 is 1.25 bits per heavy atom. The summed E-state index contributed by atoms with van der Waals surface area (Å²) in [6.07, 6.45) is 5.44. The molecule has 1 heterocycles. The number of imidazole rings is 1. The van der Waals surface area contributed by atoms with Crippen molar-refractivity contribution in [2.75, 3.05) is 26.3 Å². The van der Waals surface area contributed by atoms with Gasteiger partial charge in [0.1, 0.15) is 11.6 Å². The van der Waals surface area contributed by atoms with Crippen molar-refractivity contribution in [3.05, 3.63) is 47.8 Å². The molecular formula is C20H31FIN5O. The summed E-state index contributed by atoms with van der Waals surface area (Å²) in [5.74, 6) is 1.21. The fraction of sp³-hybridized carbons (Fsp3) is 0.500. The highest BCUT2D eigenvalue weighted by atomic mass is 127. The summed E-state index contributed by atoms with van der Waals surface area (Å²) >= 11 is 0. The van der Waals surface area contributed by atoms with Crippen molar-refractivity contribution < 1.29 is 9.13 Å². The molecule has 28 heavy (non-hydrogen) atoms. The second-order valence-electron chi connectivity index (χ2n) is 6.16. The summed E-state index contributed by atoms with van der Waals surface area (Å²) in [5.41, 5.74) is 1.32. The molecule has 2 aromatic rings. The molecule has 156 valence electrons. The number of ether oxygens (including phenoxy) is 1. The van der Waals surface area contributed by atoms with Gasteiger partial charge < -0.3 is 19.9 Å². The highest BCUT2D eigenvalue weighted by Crippen LogP contribution is 2.17. The molecule has 0 spiro atoms. The number of aryl methyl sites for hydroxylation is 1. The average molecular weight is 503 g/mol. The lowest BCUT2D eigenvalue weighted by molar-refractivity contribution is 0.143. The maximum atomic E-state index is 14.5. The minimum Gasteiger partial charge on any atom is -0.382 e.